The van der Waals surface area contributed by atoms with E-state index in [4.69, 9.17) is 4.74 Å². The van der Waals surface area contributed by atoms with Gasteiger partial charge in [-0.05, 0) is 31.2 Å². The van der Waals surface area contributed by atoms with Gasteiger partial charge in [-0.25, -0.2) is 0 Å². The molecule has 0 bridgehead atoms. The summed E-state index contributed by atoms with van der Waals surface area (Å²) in [6, 6.07) is 7.59. The number of hydrogen-bond donors (Lipinski definition) is 0. The molecule has 3 nitrogen and oxygen atoms in total. The summed E-state index contributed by atoms with van der Waals surface area (Å²) >= 11 is 4.78. The quantitative estimate of drug-likeness (QED) is 0.839. The van der Waals surface area contributed by atoms with Gasteiger partial charge >= 0.3 is 0 Å². The molecule has 0 aliphatic heterocycles. The van der Waals surface area contributed by atoms with Gasteiger partial charge in [0.25, 0.3) is 5.19 Å². The minimum Gasteiger partial charge on any atom is -0.430 e. The molecule has 0 aliphatic rings. The van der Waals surface area contributed by atoms with E-state index < -0.39 is 0 Å². The molecule has 2 aromatic rings. The molecule has 0 aliphatic carbocycles. The molecular formula is C9H7BrN2OS. The van der Waals surface area contributed by atoms with Crippen LogP contribution in [0, 0.1) is 6.92 Å². The molecule has 0 radical (unpaired) electrons. The monoisotopic (exact) mass is 270 g/mol. The zero-order valence-corrected chi connectivity index (χ0v) is 9.80. The molecule has 2 rings (SSSR count). The van der Waals surface area contributed by atoms with Crippen LogP contribution in [0.4, 0.5) is 0 Å². The first-order chi connectivity index (χ1) is 6.74. The van der Waals surface area contributed by atoms with E-state index in [-0.39, 0.29) is 0 Å². The molecule has 14 heavy (non-hydrogen) atoms. The van der Waals surface area contributed by atoms with Gasteiger partial charge in [0.2, 0.25) is 0 Å². The van der Waals surface area contributed by atoms with E-state index in [0.717, 1.165) is 15.2 Å². The van der Waals surface area contributed by atoms with Gasteiger partial charge in [0.15, 0.2) is 0 Å². The number of halogens is 1. The average Bonchev–Trinajstić information content (AvgIpc) is 2.56. The zero-order valence-electron chi connectivity index (χ0n) is 7.40. The third-order valence-corrected chi connectivity index (χ3v) is 2.77. The van der Waals surface area contributed by atoms with Gasteiger partial charge < -0.3 is 4.74 Å². The predicted molar refractivity (Wildman–Crippen MR) is 58.9 cm³/mol. The van der Waals surface area contributed by atoms with Crippen molar-refractivity contribution in [2.45, 2.75) is 6.92 Å². The van der Waals surface area contributed by atoms with Crippen LogP contribution in [-0.2, 0) is 0 Å². The SMILES string of the molecule is Cc1nnc(Oc2ccc(Br)cc2)s1. The van der Waals surface area contributed by atoms with Gasteiger partial charge in [-0.15, -0.1) is 5.10 Å². The Morgan fingerprint density at radius 3 is 2.50 bits per heavy atom. The summed E-state index contributed by atoms with van der Waals surface area (Å²) in [5, 5.41) is 9.21. The van der Waals surface area contributed by atoms with Crippen molar-refractivity contribution in [2.75, 3.05) is 0 Å². The van der Waals surface area contributed by atoms with Crippen molar-refractivity contribution in [3.63, 3.8) is 0 Å². The Morgan fingerprint density at radius 1 is 1.21 bits per heavy atom. The number of benzene rings is 1. The maximum Gasteiger partial charge on any atom is 0.299 e. The third-order valence-electron chi connectivity index (χ3n) is 1.53. The van der Waals surface area contributed by atoms with Crippen molar-refractivity contribution in [1.82, 2.24) is 10.2 Å². The summed E-state index contributed by atoms with van der Waals surface area (Å²) in [7, 11) is 0. The van der Waals surface area contributed by atoms with Crippen LogP contribution in [0.2, 0.25) is 0 Å². The lowest BCUT2D eigenvalue weighted by Crippen LogP contribution is -1.82. The molecule has 72 valence electrons. The van der Waals surface area contributed by atoms with E-state index in [9.17, 15) is 0 Å². The van der Waals surface area contributed by atoms with E-state index in [1.165, 1.54) is 11.3 Å². The highest BCUT2D eigenvalue weighted by Crippen LogP contribution is 2.25. The van der Waals surface area contributed by atoms with Crippen molar-refractivity contribution >= 4 is 27.3 Å². The van der Waals surface area contributed by atoms with Crippen molar-refractivity contribution in [1.29, 1.82) is 0 Å². The maximum atomic E-state index is 5.48. The van der Waals surface area contributed by atoms with Crippen molar-refractivity contribution < 1.29 is 4.74 Å². The highest BCUT2D eigenvalue weighted by molar-refractivity contribution is 9.10. The minimum atomic E-state index is 0.574. The Bertz CT molecular complexity index is 427. The summed E-state index contributed by atoms with van der Waals surface area (Å²) < 4.78 is 6.50. The molecule has 5 heteroatoms. The first kappa shape index (κ1) is 9.61. The fourth-order valence-corrected chi connectivity index (χ4v) is 1.74. The third kappa shape index (κ3) is 2.30. The fourth-order valence-electron chi connectivity index (χ4n) is 0.923. The summed E-state index contributed by atoms with van der Waals surface area (Å²) in [6.45, 7) is 1.89. The Labute approximate surface area is 93.9 Å². The fraction of sp³-hybridized carbons (Fsp3) is 0.111. The molecule has 0 saturated heterocycles. The van der Waals surface area contributed by atoms with Gasteiger partial charge in [0.1, 0.15) is 10.8 Å². The Hall–Kier alpha value is -0.940. The lowest BCUT2D eigenvalue weighted by Gasteiger charge is -1.99. The van der Waals surface area contributed by atoms with Crippen LogP contribution in [0.15, 0.2) is 28.7 Å². The molecule has 0 unspecified atom stereocenters. The van der Waals surface area contributed by atoms with Crippen molar-refractivity contribution in [3.05, 3.63) is 33.7 Å². The molecule has 1 aromatic carbocycles. The molecule has 0 spiro atoms. The van der Waals surface area contributed by atoms with E-state index in [0.29, 0.717) is 5.19 Å². The van der Waals surface area contributed by atoms with E-state index >= 15 is 0 Å². The Morgan fingerprint density at radius 2 is 1.93 bits per heavy atom. The van der Waals surface area contributed by atoms with E-state index in [2.05, 4.69) is 26.1 Å². The van der Waals surface area contributed by atoms with Crippen molar-refractivity contribution in [2.24, 2.45) is 0 Å². The summed E-state index contributed by atoms with van der Waals surface area (Å²) in [4.78, 5) is 0. The van der Waals surface area contributed by atoms with Crippen LogP contribution in [-0.4, -0.2) is 10.2 Å². The Balaban J connectivity index is 2.15. The number of nitrogens with zero attached hydrogens (tertiary/aromatic N) is 2. The number of aromatic nitrogens is 2. The average molecular weight is 271 g/mol. The molecule has 0 fully saturated rings. The van der Waals surface area contributed by atoms with Crippen LogP contribution in [0.25, 0.3) is 0 Å². The van der Waals surface area contributed by atoms with Gasteiger partial charge in [-0.3, -0.25) is 0 Å². The molecular weight excluding hydrogens is 264 g/mol. The second-order valence-electron chi connectivity index (χ2n) is 2.64. The summed E-state index contributed by atoms with van der Waals surface area (Å²) in [5.74, 6) is 0.768. The number of rotatable bonds is 2. The number of aryl methyl sites for hydroxylation is 1. The first-order valence-corrected chi connectivity index (χ1v) is 5.58. The highest BCUT2D eigenvalue weighted by atomic mass is 79.9. The predicted octanol–water partition coefficient (Wildman–Crippen LogP) is 3.40. The number of ether oxygens (including phenoxy) is 1. The van der Waals surface area contributed by atoms with Crippen LogP contribution >= 0.6 is 27.3 Å². The first-order valence-electron chi connectivity index (χ1n) is 3.97. The van der Waals surface area contributed by atoms with Crippen LogP contribution in [0.5, 0.6) is 10.9 Å². The molecule has 0 amide bonds. The lowest BCUT2D eigenvalue weighted by molar-refractivity contribution is 0.473. The molecule has 0 atom stereocenters. The van der Waals surface area contributed by atoms with Gasteiger partial charge in [0, 0.05) is 4.47 Å². The summed E-state index contributed by atoms with van der Waals surface area (Å²) in [5.41, 5.74) is 0. The van der Waals surface area contributed by atoms with E-state index in [1.54, 1.807) is 0 Å². The van der Waals surface area contributed by atoms with Crippen molar-refractivity contribution in [3.8, 4) is 10.9 Å². The molecule has 0 N–H and O–H groups in total. The minimum absolute atomic E-state index is 0.574. The van der Waals surface area contributed by atoms with Crippen LogP contribution in [0.3, 0.4) is 0 Å². The second-order valence-corrected chi connectivity index (χ2v) is 4.70. The maximum absolute atomic E-state index is 5.48. The largest absolute Gasteiger partial charge is 0.430 e. The zero-order chi connectivity index (χ0) is 9.97. The van der Waals surface area contributed by atoms with Gasteiger partial charge in [0.05, 0.1) is 0 Å². The van der Waals surface area contributed by atoms with Gasteiger partial charge in [-0.1, -0.05) is 32.4 Å². The topological polar surface area (TPSA) is 35.0 Å². The molecule has 1 aromatic heterocycles. The summed E-state index contributed by atoms with van der Waals surface area (Å²) in [6.07, 6.45) is 0. The molecule has 1 heterocycles. The Kier molecular flexibility index (Phi) is 2.79. The number of hydrogen-bond acceptors (Lipinski definition) is 4. The van der Waals surface area contributed by atoms with Gasteiger partial charge in [-0.2, -0.15) is 0 Å². The van der Waals surface area contributed by atoms with E-state index in [1.807, 2.05) is 31.2 Å². The second kappa shape index (κ2) is 4.06. The highest BCUT2D eigenvalue weighted by Gasteiger charge is 2.02. The van der Waals surface area contributed by atoms with Crippen LogP contribution < -0.4 is 4.74 Å². The molecule has 0 saturated carbocycles. The normalized spacial score (nSPS) is 10.1. The smallest absolute Gasteiger partial charge is 0.299 e. The lowest BCUT2D eigenvalue weighted by atomic mass is 10.3. The van der Waals surface area contributed by atoms with Crippen LogP contribution in [0.1, 0.15) is 5.01 Å². The standard InChI is InChI=1S/C9H7BrN2OS/c1-6-11-12-9(14-6)13-8-4-2-7(10)3-5-8/h2-5H,1H3.